The molecule has 2 heterocycles. The number of likely N-dealkylation sites (tertiary alicyclic amines) is 2. The van der Waals surface area contributed by atoms with Crippen molar-refractivity contribution in [3.05, 3.63) is 29.3 Å². The van der Waals surface area contributed by atoms with E-state index in [9.17, 15) is 14.7 Å². The van der Waals surface area contributed by atoms with Gasteiger partial charge in [0.2, 0.25) is 5.91 Å². The lowest BCUT2D eigenvalue weighted by Gasteiger charge is -2.49. The molecule has 1 aromatic rings. The largest absolute Gasteiger partial charge is 0.508 e. The van der Waals surface area contributed by atoms with Crippen molar-refractivity contribution in [3.8, 4) is 5.75 Å². The first-order valence-corrected chi connectivity index (χ1v) is 10.4. The van der Waals surface area contributed by atoms with E-state index < -0.39 is 0 Å². The molecular formula is C22H30N2O3. The van der Waals surface area contributed by atoms with Gasteiger partial charge in [-0.05, 0) is 56.6 Å². The molecule has 3 fully saturated rings. The molecule has 2 aliphatic heterocycles. The zero-order chi connectivity index (χ0) is 19.0. The van der Waals surface area contributed by atoms with Crippen LogP contribution in [0.3, 0.4) is 0 Å². The van der Waals surface area contributed by atoms with Gasteiger partial charge in [-0.15, -0.1) is 0 Å². The minimum absolute atomic E-state index is 0.0118. The van der Waals surface area contributed by atoms with Crippen LogP contribution in [-0.4, -0.2) is 52.4 Å². The summed E-state index contributed by atoms with van der Waals surface area (Å²) < 4.78 is 0. The minimum atomic E-state index is 0.0118. The van der Waals surface area contributed by atoms with Crippen molar-refractivity contribution >= 4 is 11.8 Å². The van der Waals surface area contributed by atoms with E-state index in [0.717, 1.165) is 51.7 Å². The molecule has 2 amide bonds. The number of amides is 2. The molecular weight excluding hydrogens is 340 g/mol. The Balaban J connectivity index is 1.43. The summed E-state index contributed by atoms with van der Waals surface area (Å²) in [5, 5.41) is 9.90. The molecule has 2 saturated heterocycles. The van der Waals surface area contributed by atoms with Crippen LogP contribution in [0.4, 0.5) is 0 Å². The van der Waals surface area contributed by atoms with Crippen LogP contribution in [0.15, 0.2) is 18.2 Å². The molecule has 4 rings (SSSR count). The summed E-state index contributed by atoms with van der Waals surface area (Å²) in [5.41, 5.74) is 1.43. The highest BCUT2D eigenvalue weighted by atomic mass is 16.3. The maximum atomic E-state index is 12.9. The van der Waals surface area contributed by atoms with Gasteiger partial charge in [0.25, 0.3) is 5.91 Å². The number of phenols is 1. The minimum Gasteiger partial charge on any atom is -0.508 e. The van der Waals surface area contributed by atoms with Crippen molar-refractivity contribution < 1.29 is 14.7 Å². The van der Waals surface area contributed by atoms with E-state index in [2.05, 4.69) is 4.90 Å². The van der Waals surface area contributed by atoms with Gasteiger partial charge in [0.05, 0.1) is 0 Å². The Labute approximate surface area is 161 Å². The average Bonchev–Trinajstić information content (AvgIpc) is 3.21. The number of rotatable bonds is 2. The standard InChI is InChI=1S/C22H30N2O3/c1-16-18(7-4-8-19(16)25)21(27)23-13-11-22(12-14-23)10-9-20(26)24(15-22)17-5-2-3-6-17/h4,7-8,17,25H,2-3,5-6,9-15H2,1H3. The van der Waals surface area contributed by atoms with Crippen LogP contribution in [0.25, 0.3) is 0 Å². The topological polar surface area (TPSA) is 60.9 Å². The molecule has 146 valence electrons. The van der Waals surface area contributed by atoms with Crippen molar-refractivity contribution in [2.75, 3.05) is 19.6 Å². The fraction of sp³-hybridized carbons (Fsp3) is 0.636. The molecule has 0 atom stereocenters. The molecule has 0 unspecified atom stereocenters. The van der Waals surface area contributed by atoms with E-state index in [4.69, 9.17) is 0 Å². The van der Waals surface area contributed by atoms with Crippen LogP contribution in [0, 0.1) is 12.3 Å². The smallest absolute Gasteiger partial charge is 0.254 e. The lowest BCUT2D eigenvalue weighted by atomic mass is 9.72. The third-order valence-corrected chi connectivity index (χ3v) is 7.11. The Morgan fingerprint density at radius 1 is 1.15 bits per heavy atom. The van der Waals surface area contributed by atoms with E-state index in [1.807, 2.05) is 4.90 Å². The van der Waals surface area contributed by atoms with Gasteiger partial charge >= 0.3 is 0 Å². The third-order valence-electron chi connectivity index (χ3n) is 7.11. The first-order chi connectivity index (χ1) is 13.0. The van der Waals surface area contributed by atoms with Crippen LogP contribution in [0.5, 0.6) is 5.75 Å². The Kier molecular flexibility index (Phi) is 4.87. The molecule has 1 aromatic carbocycles. The highest BCUT2D eigenvalue weighted by Crippen LogP contribution is 2.42. The third kappa shape index (κ3) is 3.44. The summed E-state index contributed by atoms with van der Waals surface area (Å²) in [4.78, 5) is 29.5. The van der Waals surface area contributed by atoms with Gasteiger partial charge in [0.15, 0.2) is 0 Å². The number of nitrogens with zero attached hydrogens (tertiary/aromatic N) is 2. The van der Waals surface area contributed by atoms with E-state index in [-0.39, 0.29) is 17.1 Å². The molecule has 27 heavy (non-hydrogen) atoms. The Hall–Kier alpha value is -2.04. The second-order valence-corrected chi connectivity index (χ2v) is 8.70. The van der Waals surface area contributed by atoms with Gasteiger partial charge in [-0.1, -0.05) is 18.9 Å². The lowest BCUT2D eigenvalue weighted by Crippen LogP contribution is -2.54. The van der Waals surface area contributed by atoms with Gasteiger partial charge in [0.1, 0.15) is 5.75 Å². The van der Waals surface area contributed by atoms with Crippen LogP contribution in [0.1, 0.15) is 67.3 Å². The predicted molar refractivity (Wildman–Crippen MR) is 104 cm³/mol. The number of piperidine rings is 2. The highest BCUT2D eigenvalue weighted by molar-refractivity contribution is 5.96. The number of aromatic hydroxyl groups is 1. The quantitative estimate of drug-likeness (QED) is 0.867. The molecule has 0 bridgehead atoms. The Morgan fingerprint density at radius 2 is 1.85 bits per heavy atom. The lowest BCUT2D eigenvalue weighted by molar-refractivity contribution is -0.142. The molecule has 1 aliphatic carbocycles. The average molecular weight is 370 g/mol. The number of carbonyl (C=O) groups is 2. The zero-order valence-corrected chi connectivity index (χ0v) is 16.2. The fourth-order valence-electron chi connectivity index (χ4n) is 5.21. The first-order valence-electron chi connectivity index (χ1n) is 10.4. The van der Waals surface area contributed by atoms with Crippen molar-refractivity contribution in [2.45, 2.75) is 64.3 Å². The summed E-state index contributed by atoms with van der Waals surface area (Å²) >= 11 is 0. The molecule has 1 spiro atoms. The maximum absolute atomic E-state index is 12.9. The summed E-state index contributed by atoms with van der Waals surface area (Å²) in [6.07, 6.45) is 8.35. The van der Waals surface area contributed by atoms with Crippen LogP contribution in [-0.2, 0) is 4.79 Å². The second-order valence-electron chi connectivity index (χ2n) is 8.70. The van der Waals surface area contributed by atoms with E-state index in [1.165, 1.54) is 12.8 Å². The molecule has 0 radical (unpaired) electrons. The van der Waals surface area contributed by atoms with Gasteiger partial charge < -0.3 is 14.9 Å². The first kappa shape index (κ1) is 18.3. The van der Waals surface area contributed by atoms with Gasteiger partial charge in [-0.3, -0.25) is 9.59 Å². The number of hydrogen-bond donors (Lipinski definition) is 1. The van der Waals surface area contributed by atoms with Crippen molar-refractivity contribution in [1.82, 2.24) is 9.80 Å². The molecule has 1 N–H and O–H groups in total. The summed E-state index contributed by atoms with van der Waals surface area (Å²) in [6, 6.07) is 5.59. The van der Waals surface area contributed by atoms with Gasteiger partial charge in [-0.25, -0.2) is 0 Å². The van der Waals surface area contributed by atoms with Crippen molar-refractivity contribution in [2.24, 2.45) is 5.41 Å². The molecule has 5 nitrogen and oxygen atoms in total. The number of phenolic OH excluding ortho intramolecular Hbond substituents is 1. The molecule has 0 aromatic heterocycles. The number of benzene rings is 1. The van der Waals surface area contributed by atoms with Crippen LogP contribution >= 0.6 is 0 Å². The highest BCUT2D eigenvalue weighted by Gasteiger charge is 2.43. The van der Waals surface area contributed by atoms with Crippen LogP contribution in [0.2, 0.25) is 0 Å². The van der Waals surface area contributed by atoms with Crippen molar-refractivity contribution in [1.29, 1.82) is 0 Å². The molecule has 1 saturated carbocycles. The fourth-order valence-corrected chi connectivity index (χ4v) is 5.21. The van der Waals surface area contributed by atoms with E-state index >= 15 is 0 Å². The number of hydrogen-bond acceptors (Lipinski definition) is 3. The monoisotopic (exact) mass is 370 g/mol. The number of carbonyl (C=O) groups excluding carboxylic acids is 2. The van der Waals surface area contributed by atoms with Crippen LogP contribution < -0.4 is 0 Å². The summed E-state index contributed by atoms with van der Waals surface area (Å²) in [6.45, 7) is 4.14. The Morgan fingerprint density at radius 3 is 2.56 bits per heavy atom. The molecule has 3 aliphatic rings. The van der Waals surface area contributed by atoms with E-state index in [0.29, 0.717) is 29.5 Å². The predicted octanol–water partition coefficient (Wildman–Crippen LogP) is 3.49. The van der Waals surface area contributed by atoms with Gasteiger partial charge in [-0.2, -0.15) is 0 Å². The van der Waals surface area contributed by atoms with Gasteiger partial charge in [0, 0.05) is 43.2 Å². The maximum Gasteiger partial charge on any atom is 0.254 e. The SMILES string of the molecule is Cc1c(O)cccc1C(=O)N1CCC2(CCC(=O)N(C3CCCC3)C2)CC1. The normalized spacial score (nSPS) is 23.2. The Bertz CT molecular complexity index is 731. The summed E-state index contributed by atoms with van der Waals surface area (Å²) in [7, 11) is 0. The second kappa shape index (κ2) is 7.17. The zero-order valence-electron chi connectivity index (χ0n) is 16.2. The molecule has 5 heteroatoms. The van der Waals surface area contributed by atoms with E-state index in [1.54, 1.807) is 25.1 Å². The summed E-state index contributed by atoms with van der Waals surface area (Å²) in [5.74, 6) is 0.520. The van der Waals surface area contributed by atoms with Crippen molar-refractivity contribution in [3.63, 3.8) is 0 Å².